The molecular weight excluding hydrogens is 735 g/mol. The number of methoxy groups -OCH3 is 3. The molecule has 9 rings (SSSR count). The SMILES string of the molecule is CC[C@]12C=CCN3CC[C@@]4(c5cc([C@@]6(C(=O)OC)C[C@H]7CC(C(C)(F)F)CN(Cc8c6[nH]c6ccc(C)cc86)C7)c(OC)cc5N(C)[C@H]4[C@@](O)(C(=O)OC)[C@@H]1O)[C@@H]32. The highest BCUT2D eigenvalue weighted by Gasteiger charge is 2.79. The van der Waals surface area contributed by atoms with Gasteiger partial charge in [-0.05, 0) is 81.3 Å². The molecule has 11 nitrogen and oxygen atoms in total. The number of esters is 2. The fraction of sp³-hybridized carbons (Fsp3) is 0.591. The third-order valence-electron chi connectivity index (χ3n) is 15.3. The fourth-order valence-corrected chi connectivity index (χ4v) is 13.1. The lowest BCUT2D eigenvalue weighted by Gasteiger charge is -2.63. The predicted octanol–water partition coefficient (Wildman–Crippen LogP) is 4.82. The number of anilines is 1. The number of likely N-dealkylation sites (N-methyl/N-ethyl adjacent to an activating group) is 1. The average Bonchev–Trinajstić information content (AvgIpc) is 3.83. The smallest absolute Gasteiger partial charge is 0.342 e. The van der Waals surface area contributed by atoms with E-state index in [-0.39, 0.29) is 31.3 Å². The van der Waals surface area contributed by atoms with Crippen molar-refractivity contribution in [2.45, 2.75) is 93.5 Å². The Morgan fingerprint density at radius 2 is 1.81 bits per heavy atom. The zero-order chi connectivity index (χ0) is 40.6. The van der Waals surface area contributed by atoms with Crippen molar-refractivity contribution in [2.24, 2.45) is 17.3 Å². The number of rotatable bonds is 6. The molecule has 2 aromatic carbocycles. The normalized spacial score (nSPS) is 36.8. The Kier molecular flexibility index (Phi) is 8.59. The van der Waals surface area contributed by atoms with Gasteiger partial charge in [-0.15, -0.1) is 0 Å². The van der Waals surface area contributed by atoms with E-state index >= 15 is 13.6 Å². The van der Waals surface area contributed by atoms with Crippen molar-refractivity contribution < 1.29 is 42.8 Å². The van der Waals surface area contributed by atoms with Gasteiger partial charge in [0.1, 0.15) is 17.3 Å². The highest BCUT2D eigenvalue weighted by molar-refractivity contribution is 5.95. The summed E-state index contributed by atoms with van der Waals surface area (Å²) < 4.78 is 48.1. The molecule has 6 aliphatic rings. The van der Waals surface area contributed by atoms with Gasteiger partial charge in [0, 0.05) is 89.9 Å². The van der Waals surface area contributed by atoms with Crippen LogP contribution in [0.25, 0.3) is 10.9 Å². The highest BCUT2D eigenvalue weighted by atomic mass is 19.3. The molecule has 3 fully saturated rings. The number of alkyl halides is 2. The second-order valence-electron chi connectivity index (χ2n) is 17.9. The Labute approximate surface area is 331 Å². The number of aromatic nitrogens is 1. The number of aliphatic hydroxyl groups excluding tert-OH is 1. The quantitative estimate of drug-likeness (QED) is 0.237. The number of H-pyrrole nitrogens is 1. The average molecular weight is 789 g/mol. The predicted molar refractivity (Wildman–Crippen MR) is 210 cm³/mol. The molecule has 3 aromatic rings. The molecule has 2 bridgehead atoms. The third kappa shape index (κ3) is 4.82. The van der Waals surface area contributed by atoms with Crippen LogP contribution in [-0.4, -0.2) is 121 Å². The monoisotopic (exact) mass is 788 g/mol. The zero-order valence-corrected chi connectivity index (χ0v) is 33.8. The Bertz CT molecular complexity index is 2200. The molecule has 1 aliphatic carbocycles. The van der Waals surface area contributed by atoms with Gasteiger partial charge in [-0.2, -0.15) is 0 Å². The minimum absolute atomic E-state index is 0.172. The molecule has 2 unspecified atom stereocenters. The van der Waals surface area contributed by atoms with Crippen molar-refractivity contribution in [2.75, 3.05) is 59.5 Å². The summed E-state index contributed by atoms with van der Waals surface area (Å²) in [6, 6.07) is 8.71. The molecule has 2 saturated heterocycles. The van der Waals surface area contributed by atoms with Crippen molar-refractivity contribution in [1.82, 2.24) is 14.8 Å². The van der Waals surface area contributed by atoms with Crippen LogP contribution in [0, 0.1) is 24.2 Å². The molecule has 10 atom stereocenters. The van der Waals surface area contributed by atoms with Gasteiger partial charge >= 0.3 is 11.9 Å². The molecule has 6 heterocycles. The third-order valence-corrected chi connectivity index (χ3v) is 15.3. The molecule has 5 aliphatic heterocycles. The number of fused-ring (bicyclic) bond motifs is 6. The summed E-state index contributed by atoms with van der Waals surface area (Å²) in [5, 5.41) is 26.2. The van der Waals surface area contributed by atoms with Crippen LogP contribution in [0.15, 0.2) is 42.5 Å². The van der Waals surface area contributed by atoms with Crippen molar-refractivity contribution >= 4 is 28.5 Å². The Hall–Kier alpha value is -4.04. The van der Waals surface area contributed by atoms with Crippen LogP contribution in [0.4, 0.5) is 14.5 Å². The van der Waals surface area contributed by atoms with Gasteiger partial charge < -0.3 is 34.3 Å². The van der Waals surface area contributed by atoms with E-state index in [9.17, 15) is 15.0 Å². The maximum absolute atomic E-state index is 15.3. The number of nitrogens with zero attached hydrogens (tertiary/aromatic N) is 3. The van der Waals surface area contributed by atoms with E-state index in [4.69, 9.17) is 14.2 Å². The number of aliphatic hydroxyl groups is 2. The lowest BCUT2D eigenvalue weighted by atomic mass is 9.47. The van der Waals surface area contributed by atoms with Gasteiger partial charge in [0.2, 0.25) is 11.5 Å². The summed E-state index contributed by atoms with van der Waals surface area (Å²) in [4.78, 5) is 39.2. The number of ether oxygens (including phenoxy) is 3. The van der Waals surface area contributed by atoms with Crippen LogP contribution in [-0.2, 0) is 36.4 Å². The summed E-state index contributed by atoms with van der Waals surface area (Å²) in [6.07, 6.45) is 3.88. The van der Waals surface area contributed by atoms with Crippen molar-refractivity contribution in [3.63, 3.8) is 0 Å². The topological polar surface area (TPSA) is 128 Å². The van der Waals surface area contributed by atoms with Crippen molar-refractivity contribution in [3.05, 3.63) is 70.4 Å². The van der Waals surface area contributed by atoms with Crippen molar-refractivity contribution in [1.29, 1.82) is 0 Å². The molecular formula is C44H54F2N4O7. The number of hydrogen-bond acceptors (Lipinski definition) is 10. The van der Waals surface area contributed by atoms with Crippen LogP contribution < -0.4 is 9.64 Å². The summed E-state index contributed by atoms with van der Waals surface area (Å²) >= 11 is 0. The molecule has 57 heavy (non-hydrogen) atoms. The molecule has 306 valence electrons. The highest BCUT2D eigenvalue weighted by Crippen LogP contribution is 2.68. The maximum Gasteiger partial charge on any atom is 0.342 e. The molecule has 1 spiro atoms. The number of hydrogen-bond donors (Lipinski definition) is 3. The van der Waals surface area contributed by atoms with E-state index in [0.717, 1.165) is 34.5 Å². The number of benzene rings is 2. The molecule has 1 saturated carbocycles. The van der Waals surface area contributed by atoms with Gasteiger partial charge in [-0.1, -0.05) is 30.7 Å². The second-order valence-corrected chi connectivity index (χ2v) is 17.9. The minimum atomic E-state index is -2.93. The Morgan fingerprint density at radius 1 is 1.05 bits per heavy atom. The van der Waals surface area contributed by atoms with Gasteiger partial charge in [0.15, 0.2) is 0 Å². The van der Waals surface area contributed by atoms with Gasteiger partial charge in [0.05, 0.1) is 27.4 Å². The summed E-state index contributed by atoms with van der Waals surface area (Å²) in [7, 11) is 5.96. The fourth-order valence-electron chi connectivity index (χ4n) is 13.1. The first-order valence-electron chi connectivity index (χ1n) is 20.2. The maximum atomic E-state index is 15.3. The number of nitrogens with one attached hydrogen (secondary N) is 1. The van der Waals surface area contributed by atoms with Gasteiger partial charge in [-0.3, -0.25) is 14.6 Å². The number of aryl methyl sites for hydroxylation is 1. The summed E-state index contributed by atoms with van der Waals surface area (Å²) in [5.74, 6) is -5.21. The van der Waals surface area contributed by atoms with Crippen LogP contribution in [0.5, 0.6) is 5.75 Å². The van der Waals surface area contributed by atoms with Gasteiger partial charge in [-0.25, -0.2) is 13.6 Å². The van der Waals surface area contributed by atoms with E-state index in [0.29, 0.717) is 61.7 Å². The van der Waals surface area contributed by atoms with Crippen LogP contribution >= 0.6 is 0 Å². The standard InChI is InChI=1S/C44H54F2N4O7/c1-8-41-12-9-14-50-15-13-42(35(41)50)29-18-30(33(55-5)19-32(29)48(4)36(42)44(54,37(41)51)39(53)57-7)43(38(52)56-6)20-25-17-26(40(3,45)46)22-49(21-25)23-28-27-16-24(2)10-11-31(27)47-34(28)43/h9-12,16,18-19,25-26,35-37,47,51,54H,8,13-15,17,20-23H2,1-7H3/t25-,26?,35+,36-,37-,41-,42-,43+,44+/m1/s1. The molecule has 1 aromatic heterocycles. The first-order valence-corrected chi connectivity index (χ1v) is 20.2. The van der Waals surface area contributed by atoms with Crippen LogP contribution in [0.1, 0.15) is 67.5 Å². The number of halogens is 2. The van der Waals surface area contributed by atoms with E-state index in [2.05, 4.69) is 20.9 Å². The summed E-state index contributed by atoms with van der Waals surface area (Å²) in [6.45, 7) is 7.37. The Balaban J connectivity index is 1.36. The van der Waals surface area contributed by atoms with Crippen LogP contribution in [0.3, 0.4) is 0 Å². The van der Waals surface area contributed by atoms with Gasteiger partial charge in [0.25, 0.3) is 0 Å². The zero-order valence-electron chi connectivity index (χ0n) is 33.8. The minimum Gasteiger partial charge on any atom is -0.496 e. The van der Waals surface area contributed by atoms with E-state index in [1.807, 2.05) is 62.2 Å². The van der Waals surface area contributed by atoms with E-state index < -0.39 is 57.8 Å². The summed E-state index contributed by atoms with van der Waals surface area (Å²) in [5.41, 5.74) is -0.427. The molecule has 3 N–H and O–H groups in total. The lowest BCUT2D eigenvalue weighted by molar-refractivity contribution is -0.218. The Morgan fingerprint density at radius 3 is 2.49 bits per heavy atom. The van der Waals surface area contributed by atoms with E-state index in [1.165, 1.54) is 14.2 Å². The molecule has 0 amide bonds. The first-order chi connectivity index (χ1) is 27.1. The molecule has 13 heteroatoms. The molecule has 0 radical (unpaired) electrons. The number of aromatic amines is 1. The number of carbonyl (C=O) groups excluding carboxylic acids is 2. The second kappa shape index (κ2) is 12.7. The largest absolute Gasteiger partial charge is 0.496 e. The van der Waals surface area contributed by atoms with Crippen molar-refractivity contribution in [3.8, 4) is 5.75 Å². The first kappa shape index (κ1) is 38.5. The van der Waals surface area contributed by atoms with E-state index in [1.54, 1.807) is 7.11 Å². The number of carbonyl (C=O) groups is 2. The number of piperidine rings is 1. The van der Waals surface area contributed by atoms with Crippen LogP contribution in [0.2, 0.25) is 0 Å². The lowest BCUT2D eigenvalue weighted by Crippen LogP contribution is -2.80.